The Morgan fingerprint density at radius 2 is 1.81 bits per heavy atom. The number of nitrogens with zero attached hydrogens (tertiary/aromatic N) is 3. The zero-order valence-electron chi connectivity index (χ0n) is 21.8. The minimum absolute atomic E-state index is 0.0736. The van der Waals surface area contributed by atoms with Gasteiger partial charge in [0.25, 0.3) is 5.91 Å². The normalized spacial score (nSPS) is 14.2. The van der Waals surface area contributed by atoms with Crippen LogP contribution in [0.4, 0.5) is 0 Å². The highest BCUT2D eigenvalue weighted by Gasteiger charge is 2.24. The van der Waals surface area contributed by atoms with Crippen molar-refractivity contribution in [3.8, 4) is 5.75 Å². The number of amides is 2. The summed E-state index contributed by atoms with van der Waals surface area (Å²) < 4.78 is 5.43. The van der Waals surface area contributed by atoms with Crippen molar-refractivity contribution in [3.05, 3.63) is 69.7 Å². The van der Waals surface area contributed by atoms with Gasteiger partial charge in [-0.3, -0.25) is 14.5 Å². The quantitative estimate of drug-likeness (QED) is 0.312. The van der Waals surface area contributed by atoms with E-state index in [-0.39, 0.29) is 11.8 Å². The van der Waals surface area contributed by atoms with Gasteiger partial charge in [-0.05, 0) is 30.7 Å². The van der Waals surface area contributed by atoms with Gasteiger partial charge in [-0.25, -0.2) is 0 Å². The van der Waals surface area contributed by atoms with Crippen LogP contribution in [-0.2, 0) is 4.79 Å². The Labute approximate surface area is 230 Å². The van der Waals surface area contributed by atoms with Crippen LogP contribution in [0.5, 0.6) is 5.75 Å². The molecule has 0 saturated carbocycles. The fraction of sp³-hybridized carbons (Fsp3) is 0.448. The fourth-order valence-electron chi connectivity index (χ4n) is 4.38. The number of unbranched alkanes of at least 4 members (excludes halogenated alkanes) is 2. The molecule has 37 heavy (non-hydrogen) atoms. The summed E-state index contributed by atoms with van der Waals surface area (Å²) in [6, 6.07) is 12.8. The summed E-state index contributed by atoms with van der Waals surface area (Å²) in [7, 11) is 1.66. The molecule has 2 aromatic carbocycles. The number of para-hydroxylation sites is 1. The molecule has 8 heteroatoms. The van der Waals surface area contributed by atoms with Crippen LogP contribution in [0.2, 0.25) is 10.0 Å². The number of methoxy groups -OCH3 is 1. The van der Waals surface area contributed by atoms with E-state index in [0.717, 1.165) is 50.2 Å². The van der Waals surface area contributed by atoms with E-state index in [9.17, 15) is 9.59 Å². The molecule has 2 amide bonds. The number of hydrogen-bond acceptors (Lipinski definition) is 4. The van der Waals surface area contributed by atoms with E-state index in [1.807, 2.05) is 46.2 Å². The molecule has 1 saturated heterocycles. The second kappa shape index (κ2) is 15.0. The first kappa shape index (κ1) is 29.0. The Morgan fingerprint density at radius 1 is 1.05 bits per heavy atom. The lowest BCUT2D eigenvalue weighted by Gasteiger charge is -2.36. The zero-order valence-corrected chi connectivity index (χ0v) is 23.3. The fourth-order valence-corrected chi connectivity index (χ4v) is 4.87. The van der Waals surface area contributed by atoms with E-state index in [2.05, 4.69) is 11.8 Å². The number of carbonyl (C=O) groups is 2. The third kappa shape index (κ3) is 8.77. The Kier molecular flexibility index (Phi) is 11.8. The van der Waals surface area contributed by atoms with Crippen LogP contribution in [-0.4, -0.2) is 79.4 Å². The Morgan fingerprint density at radius 3 is 2.51 bits per heavy atom. The van der Waals surface area contributed by atoms with Gasteiger partial charge >= 0.3 is 0 Å². The third-order valence-electron chi connectivity index (χ3n) is 6.62. The van der Waals surface area contributed by atoms with Gasteiger partial charge in [-0.2, -0.15) is 0 Å². The molecule has 1 aliphatic heterocycles. The number of carbonyl (C=O) groups excluding carboxylic acids is 2. The van der Waals surface area contributed by atoms with Crippen molar-refractivity contribution < 1.29 is 14.3 Å². The van der Waals surface area contributed by atoms with E-state index in [1.54, 1.807) is 25.3 Å². The number of hydrogen-bond donors (Lipinski definition) is 0. The second-order valence-corrected chi connectivity index (χ2v) is 10.0. The topological polar surface area (TPSA) is 53.1 Å². The molecular formula is C29H37Cl2N3O3. The lowest BCUT2D eigenvalue weighted by Crippen LogP contribution is -2.50. The molecule has 0 aliphatic carbocycles. The molecule has 200 valence electrons. The van der Waals surface area contributed by atoms with Gasteiger partial charge in [0.2, 0.25) is 5.91 Å². The summed E-state index contributed by atoms with van der Waals surface area (Å²) in [4.78, 5) is 32.0. The second-order valence-electron chi connectivity index (χ2n) is 9.20. The number of benzene rings is 2. The minimum Gasteiger partial charge on any atom is -0.496 e. The first-order valence-electron chi connectivity index (χ1n) is 13.0. The molecular weight excluding hydrogens is 509 g/mol. The average Bonchev–Trinajstić information content (AvgIpc) is 2.91. The average molecular weight is 547 g/mol. The predicted molar refractivity (Wildman–Crippen MR) is 152 cm³/mol. The van der Waals surface area contributed by atoms with E-state index in [0.29, 0.717) is 48.2 Å². The number of halogens is 2. The van der Waals surface area contributed by atoms with Crippen LogP contribution >= 0.6 is 23.2 Å². The van der Waals surface area contributed by atoms with Gasteiger partial charge in [0.15, 0.2) is 0 Å². The maximum Gasteiger partial charge on any atom is 0.255 e. The van der Waals surface area contributed by atoms with E-state index >= 15 is 0 Å². The molecule has 0 aromatic heterocycles. The Hall–Kier alpha value is -2.54. The van der Waals surface area contributed by atoms with Crippen LogP contribution in [0.25, 0.3) is 6.08 Å². The molecule has 0 atom stereocenters. The molecule has 0 N–H and O–H groups in total. The Bertz CT molecular complexity index is 1070. The highest BCUT2D eigenvalue weighted by molar-refractivity contribution is 6.36. The number of rotatable bonds is 12. The lowest BCUT2D eigenvalue weighted by atomic mass is 10.1. The van der Waals surface area contributed by atoms with E-state index in [1.165, 1.54) is 0 Å². The Balaban J connectivity index is 1.54. The summed E-state index contributed by atoms with van der Waals surface area (Å²) in [5.41, 5.74) is 1.47. The molecule has 3 rings (SSSR count). The van der Waals surface area contributed by atoms with Crippen LogP contribution in [0.3, 0.4) is 0 Å². The van der Waals surface area contributed by atoms with E-state index in [4.69, 9.17) is 27.9 Å². The summed E-state index contributed by atoms with van der Waals surface area (Å²) in [6.45, 7) is 6.87. The summed E-state index contributed by atoms with van der Waals surface area (Å²) in [5.74, 6) is 0.923. The molecule has 1 aliphatic rings. The van der Waals surface area contributed by atoms with Crippen LogP contribution < -0.4 is 4.74 Å². The molecule has 1 heterocycles. The number of ether oxygens (including phenoxy) is 1. The maximum atomic E-state index is 13.0. The first-order chi connectivity index (χ1) is 17.9. The highest BCUT2D eigenvalue weighted by atomic mass is 35.5. The number of piperazine rings is 1. The maximum absolute atomic E-state index is 13.0. The predicted octanol–water partition coefficient (Wildman–Crippen LogP) is 5.88. The molecule has 0 unspecified atom stereocenters. The summed E-state index contributed by atoms with van der Waals surface area (Å²) in [5, 5.41) is 0.885. The molecule has 0 radical (unpaired) electrons. The summed E-state index contributed by atoms with van der Waals surface area (Å²) in [6.07, 6.45) is 7.67. The zero-order chi connectivity index (χ0) is 26.6. The van der Waals surface area contributed by atoms with E-state index < -0.39 is 0 Å². The van der Waals surface area contributed by atoms with Crippen LogP contribution in [0, 0.1) is 0 Å². The van der Waals surface area contributed by atoms with Crippen LogP contribution in [0.1, 0.15) is 48.5 Å². The van der Waals surface area contributed by atoms with Gasteiger partial charge < -0.3 is 14.5 Å². The van der Waals surface area contributed by atoms with Crippen molar-refractivity contribution in [1.82, 2.24) is 14.7 Å². The van der Waals surface area contributed by atoms with Gasteiger partial charge in [0.05, 0.1) is 17.7 Å². The van der Waals surface area contributed by atoms with Gasteiger partial charge in [0, 0.05) is 62.8 Å². The van der Waals surface area contributed by atoms with Crippen LogP contribution in [0.15, 0.2) is 48.5 Å². The lowest BCUT2D eigenvalue weighted by molar-refractivity contribution is -0.131. The molecule has 0 bridgehead atoms. The van der Waals surface area contributed by atoms with Crippen molar-refractivity contribution in [3.63, 3.8) is 0 Å². The van der Waals surface area contributed by atoms with Crippen molar-refractivity contribution in [2.45, 2.75) is 32.6 Å². The minimum atomic E-state index is -0.0736. The standard InChI is InChI=1S/C29H37Cl2N3O3/c1-3-4-5-12-28(35)33(15-8-10-23-9-6-7-11-27(23)37-2)19-16-32-17-20-34(21-18-32)29(36)25-14-13-24(30)22-26(25)31/h6-11,13-14,22H,3-5,12,15-21H2,1-2H3/b10-8+. The van der Waals surface area contributed by atoms with Gasteiger partial charge in [0.1, 0.15) is 5.75 Å². The molecule has 2 aromatic rings. The summed E-state index contributed by atoms with van der Waals surface area (Å²) >= 11 is 12.2. The van der Waals surface area contributed by atoms with Crippen molar-refractivity contribution >= 4 is 41.1 Å². The van der Waals surface area contributed by atoms with Crippen molar-refractivity contribution in [1.29, 1.82) is 0 Å². The SMILES string of the molecule is CCCCCC(=O)N(C/C=C/c1ccccc1OC)CCN1CCN(C(=O)c2ccc(Cl)cc2Cl)CC1. The smallest absolute Gasteiger partial charge is 0.255 e. The molecule has 6 nitrogen and oxygen atoms in total. The monoisotopic (exact) mass is 545 g/mol. The van der Waals surface area contributed by atoms with Gasteiger partial charge in [-0.1, -0.05) is 73.3 Å². The largest absolute Gasteiger partial charge is 0.496 e. The molecule has 0 spiro atoms. The first-order valence-corrected chi connectivity index (χ1v) is 13.7. The molecule has 1 fully saturated rings. The highest BCUT2D eigenvalue weighted by Crippen LogP contribution is 2.23. The van der Waals surface area contributed by atoms with Crippen molar-refractivity contribution in [2.75, 3.05) is 52.9 Å². The van der Waals surface area contributed by atoms with Gasteiger partial charge in [-0.15, -0.1) is 0 Å². The van der Waals surface area contributed by atoms with Crippen molar-refractivity contribution in [2.24, 2.45) is 0 Å². The third-order valence-corrected chi connectivity index (χ3v) is 7.16.